The Morgan fingerprint density at radius 3 is 1.88 bits per heavy atom. The third kappa shape index (κ3) is 8.69. The number of hydrogen-bond acceptors (Lipinski definition) is 10. The molecule has 0 saturated carbocycles. The van der Waals surface area contributed by atoms with Crippen LogP contribution in [-0.2, 0) is 70.4 Å². The summed E-state index contributed by atoms with van der Waals surface area (Å²) >= 11 is 2.07. The van der Waals surface area contributed by atoms with Crippen LogP contribution in [0.3, 0.4) is 0 Å². The molecule has 2 aromatic heterocycles. The predicted molar refractivity (Wildman–Crippen MR) is 160 cm³/mol. The van der Waals surface area contributed by atoms with E-state index >= 15 is 0 Å². The van der Waals surface area contributed by atoms with E-state index in [9.17, 15) is 24.0 Å². The van der Waals surface area contributed by atoms with Crippen molar-refractivity contribution in [1.82, 2.24) is 9.97 Å². The number of hydrogen-bond donors (Lipinski definition) is 2. The molecule has 1 aromatic carbocycles. The predicted octanol–water partition coefficient (Wildman–Crippen LogP) is 3.61. The van der Waals surface area contributed by atoms with Gasteiger partial charge < -0.3 is 33.7 Å². The van der Waals surface area contributed by atoms with Gasteiger partial charge in [-0.2, -0.15) is 0 Å². The summed E-state index contributed by atoms with van der Waals surface area (Å²) in [6, 6.07) is 9.08. The Morgan fingerprint density at radius 2 is 1.30 bits per heavy atom. The first kappa shape index (κ1) is 33.4. The summed E-state index contributed by atoms with van der Waals surface area (Å²) in [7, 11) is 5.02. The van der Waals surface area contributed by atoms with Gasteiger partial charge in [0.05, 0.1) is 44.1 Å². The lowest BCUT2D eigenvalue weighted by Gasteiger charge is -2.09. The average Bonchev–Trinajstić information content (AvgIpc) is 3.53. The minimum Gasteiger partial charge on any atom is -0.469 e. The van der Waals surface area contributed by atoms with Gasteiger partial charge in [0.25, 0.3) is 0 Å². The monoisotopic (exact) mass is 708 g/mol. The number of H-pyrrole nitrogens is 2. The number of methoxy groups -OCH3 is 4. The van der Waals surface area contributed by atoms with Gasteiger partial charge in [-0.1, -0.05) is 30.3 Å². The molecule has 0 aliphatic heterocycles. The molecule has 0 radical (unpaired) electrons. The number of nitrogens with one attached hydrogen (secondary N) is 2. The van der Waals surface area contributed by atoms with Crippen LogP contribution in [0.15, 0.2) is 30.3 Å². The van der Waals surface area contributed by atoms with Crippen molar-refractivity contribution >= 4 is 52.4 Å². The molecular weight excluding hydrogens is 675 g/mol. The summed E-state index contributed by atoms with van der Waals surface area (Å²) in [5, 5.41) is 0. The summed E-state index contributed by atoms with van der Waals surface area (Å²) in [5.41, 5.74) is 3.26. The number of rotatable bonds is 14. The van der Waals surface area contributed by atoms with E-state index in [0.29, 0.717) is 27.1 Å². The maximum absolute atomic E-state index is 13.3. The van der Waals surface area contributed by atoms with Crippen LogP contribution >= 0.6 is 22.6 Å². The molecule has 3 aromatic rings. The van der Waals surface area contributed by atoms with Crippen LogP contribution < -0.4 is 0 Å². The zero-order valence-corrected chi connectivity index (χ0v) is 26.5. The molecule has 13 heteroatoms. The van der Waals surface area contributed by atoms with Crippen LogP contribution in [0.25, 0.3) is 0 Å². The van der Waals surface area contributed by atoms with Gasteiger partial charge in [0.2, 0.25) is 0 Å². The number of carbonyl (C=O) groups excluding carboxylic acids is 5. The number of benzene rings is 1. The second-order valence-corrected chi connectivity index (χ2v) is 10.4. The van der Waals surface area contributed by atoms with E-state index in [1.165, 1.54) is 28.4 Å². The number of ether oxygens (including phenoxy) is 5. The summed E-state index contributed by atoms with van der Waals surface area (Å²) < 4.78 is 25.7. The maximum Gasteiger partial charge on any atom is 0.355 e. The van der Waals surface area contributed by atoms with Gasteiger partial charge in [-0.15, -0.1) is 0 Å². The van der Waals surface area contributed by atoms with Crippen molar-refractivity contribution in [3.8, 4) is 0 Å². The van der Waals surface area contributed by atoms with Crippen LogP contribution in [0, 0.1) is 3.70 Å². The molecule has 0 fully saturated rings. The number of carbonyl (C=O) groups is 5. The van der Waals surface area contributed by atoms with Crippen molar-refractivity contribution in [2.45, 2.75) is 45.1 Å². The smallest absolute Gasteiger partial charge is 0.355 e. The summed E-state index contributed by atoms with van der Waals surface area (Å²) in [5.74, 6) is -2.89. The summed E-state index contributed by atoms with van der Waals surface area (Å²) in [6.07, 6.45) is 0.208. The fourth-order valence-corrected chi connectivity index (χ4v) is 5.49. The third-order valence-corrected chi connectivity index (χ3v) is 7.68. The van der Waals surface area contributed by atoms with Crippen LogP contribution in [0.5, 0.6) is 0 Å². The standard InChI is InChI=1S/C30H33IN2O10/c1-39-23(34)12-10-18-20(14-25(36)41-3)21(33-28(18)31)15-22-26(29(37)42-4)19(11-13-24(35)40-2)27(32-22)30(38)43-16-17-8-6-5-7-9-17/h5-9,32-33H,10-16H2,1-4H3. The zero-order valence-electron chi connectivity index (χ0n) is 24.3. The van der Waals surface area contributed by atoms with Gasteiger partial charge in [-0.05, 0) is 57.7 Å². The van der Waals surface area contributed by atoms with E-state index < -0.39 is 29.8 Å². The van der Waals surface area contributed by atoms with Crippen molar-refractivity contribution < 1.29 is 47.7 Å². The van der Waals surface area contributed by atoms with Crippen molar-refractivity contribution in [2.75, 3.05) is 28.4 Å². The number of aromatic nitrogens is 2. The van der Waals surface area contributed by atoms with E-state index in [1.54, 1.807) is 12.1 Å². The molecule has 0 bridgehead atoms. The highest BCUT2D eigenvalue weighted by Crippen LogP contribution is 2.30. The minimum atomic E-state index is -0.727. The molecule has 2 heterocycles. The molecule has 230 valence electrons. The Morgan fingerprint density at radius 1 is 0.698 bits per heavy atom. The SMILES string of the molecule is COC(=O)CCc1c(I)[nH]c(Cc2[nH]c(C(=O)OCc3ccccc3)c(CCC(=O)OC)c2C(=O)OC)c1CC(=O)OC. The molecule has 0 aliphatic carbocycles. The van der Waals surface area contributed by atoms with Crippen molar-refractivity contribution in [1.29, 1.82) is 0 Å². The van der Waals surface area contributed by atoms with Gasteiger partial charge in [-0.3, -0.25) is 14.4 Å². The van der Waals surface area contributed by atoms with E-state index in [-0.39, 0.29) is 55.5 Å². The first-order chi connectivity index (χ1) is 20.6. The molecule has 2 N–H and O–H groups in total. The molecule has 0 spiro atoms. The minimum absolute atomic E-state index is 0.00285. The Labute approximate surface area is 261 Å². The first-order valence-electron chi connectivity index (χ1n) is 13.2. The van der Waals surface area contributed by atoms with E-state index in [0.717, 1.165) is 11.1 Å². The Bertz CT molecular complexity index is 1480. The van der Waals surface area contributed by atoms with Gasteiger partial charge in [0.15, 0.2) is 0 Å². The molecule has 0 atom stereocenters. The second-order valence-electron chi connectivity index (χ2n) is 9.34. The lowest BCUT2D eigenvalue weighted by molar-refractivity contribution is -0.141. The fourth-order valence-electron chi connectivity index (χ4n) is 4.57. The highest BCUT2D eigenvalue weighted by atomic mass is 127. The first-order valence-corrected chi connectivity index (χ1v) is 14.3. The van der Waals surface area contributed by atoms with Gasteiger partial charge >= 0.3 is 29.8 Å². The maximum atomic E-state index is 13.3. The molecule has 43 heavy (non-hydrogen) atoms. The quantitative estimate of drug-likeness (QED) is 0.144. The van der Waals surface area contributed by atoms with Gasteiger partial charge in [-0.25, -0.2) is 9.59 Å². The molecule has 3 rings (SSSR count). The summed E-state index contributed by atoms with van der Waals surface area (Å²) in [6.45, 7) is -0.0142. The highest BCUT2D eigenvalue weighted by Gasteiger charge is 2.30. The molecule has 0 aliphatic rings. The lowest BCUT2D eigenvalue weighted by Crippen LogP contribution is -2.13. The lowest BCUT2D eigenvalue weighted by atomic mass is 9.98. The second kappa shape index (κ2) is 15.9. The molecule has 0 saturated heterocycles. The average molecular weight is 709 g/mol. The number of halogens is 1. The van der Waals surface area contributed by atoms with Gasteiger partial charge in [0, 0.05) is 30.7 Å². The zero-order chi connectivity index (χ0) is 31.5. The fraction of sp³-hybridized carbons (Fsp3) is 0.367. The van der Waals surface area contributed by atoms with E-state index in [4.69, 9.17) is 23.7 Å². The van der Waals surface area contributed by atoms with Crippen LogP contribution in [-0.4, -0.2) is 68.3 Å². The normalized spacial score (nSPS) is 10.6. The number of aromatic amines is 2. The highest BCUT2D eigenvalue weighted by molar-refractivity contribution is 14.1. The summed E-state index contributed by atoms with van der Waals surface area (Å²) in [4.78, 5) is 69.0. The van der Waals surface area contributed by atoms with Crippen molar-refractivity contribution in [3.63, 3.8) is 0 Å². The van der Waals surface area contributed by atoms with Gasteiger partial charge in [0.1, 0.15) is 12.3 Å². The van der Waals surface area contributed by atoms with Crippen LogP contribution in [0.4, 0.5) is 0 Å². The third-order valence-electron chi connectivity index (χ3n) is 6.76. The molecule has 0 amide bonds. The van der Waals surface area contributed by atoms with E-state index in [2.05, 4.69) is 32.6 Å². The van der Waals surface area contributed by atoms with Crippen molar-refractivity contribution in [2.24, 2.45) is 0 Å². The topological polar surface area (TPSA) is 163 Å². The van der Waals surface area contributed by atoms with Crippen LogP contribution in [0.1, 0.15) is 67.3 Å². The molecule has 12 nitrogen and oxygen atoms in total. The van der Waals surface area contributed by atoms with Crippen LogP contribution in [0.2, 0.25) is 0 Å². The molecule has 0 unspecified atom stereocenters. The van der Waals surface area contributed by atoms with E-state index in [1.807, 2.05) is 18.2 Å². The number of esters is 5. The largest absolute Gasteiger partial charge is 0.469 e. The Hall–Kier alpha value is -4.14. The Balaban J connectivity index is 2.09. The Kier molecular flexibility index (Phi) is 12.3. The van der Waals surface area contributed by atoms with Crippen molar-refractivity contribution in [3.05, 3.63) is 78.9 Å². The molecular formula is C30H33IN2O10.